The van der Waals surface area contributed by atoms with Gasteiger partial charge in [0.1, 0.15) is 6.61 Å². The third-order valence-electron chi connectivity index (χ3n) is 3.11. The molecule has 0 spiro atoms. The topological polar surface area (TPSA) is 32.8 Å². The number of hydrogen-bond acceptors (Lipinski definition) is 4. The average molecular weight is 266 g/mol. The van der Waals surface area contributed by atoms with Crippen LogP contribution in [0.25, 0.3) is 0 Å². The van der Waals surface area contributed by atoms with Gasteiger partial charge in [0, 0.05) is 24.5 Å². The Balaban J connectivity index is 2.07. The fourth-order valence-corrected chi connectivity index (χ4v) is 1.93. The van der Waals surface area contributed by atoms with E-state index >= 15 is 0 Å². The maximum absolute atomic E-state index is 11.2. The van der Waals surface area contributed by atoms with Crippen molar-refractivity contribution in [1.82, 2.24) is 9.80 Å². The molecule has 0 fully saturated rings. The molecule has 0 saturated heterocycles. The number of carbonyl (C=O) groups is 1. The minimum atomic E-state index is -0.306. The molecule has 0 aromatic carbocycles. The zero-order chi connectivity index (χ0) is 14.1. The van der Waals surface area contributed by atoms with Gasteiger partial charge in [-0.15, -0.1) is 0 Å². The standard InChI is InChI=1S/C15H26N2O2/c1-4-5-6-7-8-16-9-10-17(13-16)11-12-19-15(18)14(2)3/h9-10H,2,4-8,11-13H2,1,3H3. The van der Waals surface area contributed by atoms with E-state index in [-0.39, 0.29) is 5.97 Å². The lowest BCUT2D eigenvalue weighted by Crippen LogP contribution is -2.29. The Hall–Kier alpha value is -1.45. The maximum atomic E-state index is 11.2. The number of carbonyl (C=O) groups excluding carboxylic acids is 1. The summed E-state index contributed by atoms with van der Waals surface area (Å²) >= 11 is 0. The Morgan fingerprint density at radius 3 is 2.53 bits per heavy atom. The van der Waals surface area contributed by atoms with Crippen LogP contribution in [0, 0.1) is 0 Å². The first-order valence-corrected chi connectivity index (χ1v) is 7.12. The summed E-state index contributed by atoms with van der Waals surface area (Å²) in [7, 11) is 0. The normalized spacial score (nSPS) is 14.0. The van der Waals surface area contributed by atoms with Crippen molar-refractivity contribution in [2.75, 3.05) is 26.4 Å². The van der Waals surface area contributed by atoms with E-state index in [0.29, 0.717) is 12.2 Å². The summed E-state index contributed by atoms with van der Waals surface area (Å²) in [6, 6.07) is 0. The van der Waals surface area contributed by atoms with E-state index < -0.39 is 0 Å². The lowest BCUT2D eigenvalue weighted by Gasteiger charge is -2.21. The minimum Gasteiger partial charge on any atom is -0.460 e. The Kier molecular flexibility index (Phi) is 7.08. The first-order chi connectivity index (χ1) is 9.13. The molecule has 4 nitrogen and oxygen atoms in total. The fraction of sp³-hybridized carbons (Fsp3) is 0.667. The minimum absolute atomic E-state index is 0.306. The molecule has 0 bridgehead atoms. The number of nitrogens with zero attached hydrogens (tertiary/aromatic N) is 2. The van der Waals surface area contributed by atoms with E-state index in [2.05, 4.69) is 35.7 Å². The van der Waals surface area contributed by atoms with Crippen LogP contribution in [-0.2, 0) is 9.53 Å². The Bertz CT molecular complexity index is 326. The van der Waals surface area contributed by atoms with Gasteiger partial charge in [0.15, 0.2) is 0 Å². The second-order valence-electron chi connectivity index (χ2n) is 5.04. The van der Waals surface area contributed by atoms with Crippen molar-refractivity contribution in [1.29, 1.82) is 0 Å². The van der Waals surface area contributed by atoms with Gasteiger partial charge < -0.3 is 14.5 Å². The van der Waals surface area contributed by atoms with Crippen molar-refractivity contribution in [2.45, 2.75) is 39.5 Å². The molecule has 0 amide bonds. The van der Waals surface area contributed by atoms with E-state index in [1.807, 2.05) is 0 Å². The van der Waals surface area contributed by atoms with Gasteiger partial charge in [-0.2, -0.15) is 0 Å². The molecule has 1 rings (SSSR count). The van der Waals surface area contributed by atoms with Gasteiger partial charge in [-0.25, -0.2) is 4.79 Å². The van der Waals surface area contributed by atoms with Crippen molar-refractivity contribution in [3.05, 3.63) is 24.6 Å². The van der Waals surface area contributed by atoms with Crippen LogP contribution in [0.3, 0.4) is 0 Å². The molecule has 0 atom stereocenters. The summed E-state index contributed by atoms with van der Waals surface area (Å²) in [4.78, 5) is 15.7. The van der Waals surface area contributed by atoms with Crippen molar-refractivity contribution >= 4 is 5.97 Å². The second-order valence-corrected chi connectivity index (χ2v) is 5.04. The molecule has 0 N–H and O–H groups in total. The number of rotatable bonds is 9. The Morgan fingerprint density at radius 1 is 1.21 bits per heavy atom. The van der Waals surface area contributed by atoms with Gasteiger partial charge in [-0.1, -0.05) is 32.8 Å². The number of unbranched alkanes of at least 4 members (excludes halogenated alkanes) is 3. The van der Waals surface area contributed by atoms with E-state index in [0.717, 1.165) is 19.8 Å². The fourth-order valence-electron chi connectivity index (χ4n) is 1.93. The molecule has 0 aliphatic carbocycles. The summed E-state index contributed by atoms with van der Waals surface area (Å²) in [6.07, 6.45) is 9.32. The molecular formula is C15H26N2O2. The third-order valence-corrected chi connectivity index (χ3v) is 3.11. The van der Waals surface area contributed by atoms with Crippen molar-refractivity contribution in [3.63, 3.8) is 0 Å². The molecule has 0 saturated carbocycles. The van der Waals surface area contributed by atoms with Crippen molar-refractivity contribution in [2.24, 2.45) is 0 Å². The molecule has 1 heterocycles. The van der Waals surface area contributed by atoms with Gasteiger partial charge in [-0.05, 0) is 13.3 Å². The second kappa shape index (κ2) is 8.62. The summed E-state index contributed by atoms with van der Waals surface area (Å²) in [6.45, 7) is 10.6. The highest BCUT2D eigenvalue weighted by molar-refractivity contribution is 5.86. The predicted molar refractivity (Wildman–Crippen MR) is 77.3 cm³/mol. The smallest absolute Gasteiger partial charge is 0.333 e. The van der Waals surface area contributed by atoms with Gasteiger partial charge >= 0.3 is 5.97 Å². The predicted octanol–water partition coefficient (Wildman–Crippen LogP) is 2.73. The van der Waals surface area contributed by atoms with E-state index in [1.165, 1.54) is 25.7 Å². The molecule has 4 heteroatoms. The summed E-state index contributed by atoms with van der Waals surface area (Å²) in [5.74, 6) is -0.306. The largest absolute Gasteiger partial charge is 0.460 e. The number of hydrogen-bond donors (Lipinski definition) is 0. The highest BCUT2D eigenvalue weighted by atomic mass is 16.5. The molecule has 1 aliphatic heterocycles. The monoisotopic (exact) mass is 266 g/mol. The summed E-state index contributed by atoms with van der Waals surface area (Å²) in [5.41, 5.74) is 0.453. The summed E-state index contributed by atoms with van der Waals surface area (Å²) in [5, 5.41) is 0. The van der Waals surface area contributed by atoms with Crippen LogP contribution in [-0.4, -0.2) is 42.1 Å². The van der Waals surface area contributed by atoms with E-state index in [9.17, 15) is 4.79 Å². The van der Waals surface area contributed by atoms with Gasteiger partial charge in [-0.3, -0.25) is 0 Å². The van der Waals surface area contributed by atoms with Crippen LogP contribution in [0.1, 0.15) is 39.5 Å². The van der Waals surface area contributed by atoms with Gasteiger partial charge in [0.2, 0.25) is 0 Å². The number of ether oxygens (including phenoxy) is 1. The zero-order valence-corrected chi connectivity index (χ0v) is 12.2. The van der Waals surface area contributed by atoms with Crippen LogP contribution in [0.5, 0.6) is 0 Å². The van der Waals surface area contributed by atoms with Crippen LogP contribution in [0.4, 0.5) is 0 Å². The molecule has 19 heavy (non-hydrogen) atoms. The van der Waals surface area contributed by atoms with Crippen LogP contribution in [0.2, 0.25) is 0 Å². The average Bonchev–Trinajstić information content (AvgIpc) is 2.82. The molecule has 0 aromatic heterocycles. The zero-order valence-electron chi connectivity index (χ0n) is 12.2. The molecule has 108 valence electrons. The Morgan fingerprint density at radius 2 is 1.89 bits per heavy atom. The van der Waals surface area contributed by atoms with E-state index in [4.69, 9.17) is 4.74 Å². The molecule has 0 aromatic rings. The third kappa shape index (κ3) is 6.32. The lowest BCUT2D eigenvalue weighted by atomic mass is 10.2. The molecular weight excluding hydrogens is 240 g/mol. The molecule has 0 radical (unpaired) electrons. The summed E-state index contributed by atoms with van der Waals surface area (Å²) < 4.78 is 5.08. The van der Waals surface area contributed by atoms with Crippen molar-refractivity contribution < 1.29 is 9.53 Å². The highest BCUT2D eigenvalue weighted by Gasteiger charge is 2.12. The molecule has 1 aliphatic rings. The maximum Gasteiger partial charge on any atom is 0.333 e. The van der Waals surface area contributed by atoms with Crippen LogP contribution < -0.4 is 0 Å². The SMILES string of the molecule is C=C(C)C(=O)OCCN1C=CN(CCCCCC)C1. The Labute approximate surface area is 116 Å². The molecule has 0 unspecified atom stereocenters. The van der Waals surface area contributed by atoms with Gasteiger partial charge in [0.25, 0.3) is 0 Å². The quantitative estimate of drug-likeness (QED) is 0.365. The highest BCUT2D eigenvalue weighted by Crippen LogP contribution is 2.09. The number of esters is 1. The first kappa shape index (κ1) is 15.6. The van der Waals surface area contributed by atoms with Crippen LogP contribution >= 0.6 is 0 Å². The van der Waals surface area contributed by atoms with E-state index in [1.54, 1.807) is 6.92 Å². The lowest BCUT2D eigenvalue weighted by molar-refractivity contribution is -0.139. The van der Waals surface area contributed by atoms with Crippen molar-refractivity contribution in [3.8, 4) is 0 Å². The van der Waals surface area contributed by atoms with Gasteiger partial charge in [0.05, 0.1) is 13.2 Å². The first-order valence-electron chi connectivity index (χ1n) is 7.12. The van der Waals surface area contributed by atoms with Crippen LogP contribution in [0.15, 0.2) is 24.6 Å².